The number of carboxylic acids is 1. The predicted octanol–water partition coefficient (Wildman–Crippen LogP) is 5.21. The van der Waals surface area contributed by atoms with Crippen molar-refractivity contribution in [3.8, 4) is 11.1 Å². The third kappa shape index (κ3) is 7.87. The number of nitrogens with zero attached hydrogens (tertiary/aromatic N) is 3. The lowest BCUT2D eigenvalue weighted by molar-refractivity contribution is -0.192. The largest absolute Gasteiger partial charge is 0.490 e. The minimum Gasteiger partial charge on any atom is -0.475 e. The van der Waals surface area contributed by atoms with Gasteiger partial charge in [-0.15, -0.1) is 0 Å². The number of carbonyl (C=O) groups is 2. The summed E-state index contributed by atoms with van der Waals surface area (Å²) in [5, 5.41) is 8.27. The summed E-state index contributed by atoms with van der Waals surface area (Å²) in [7, 11) is 3.94. The number of pyridine rings is 1. The molecule has 38 heavy (non-hydrogen) atoms. The Bertz CT molecular complexity index is 1390. The second-order valence-corrected chi connectivity index (χ2v) is 8.70. The Balaban J connectivity index is 0.000000505. The number of halogens is 4. The van der Waals surface area contributed by atoms with Crippen molar-refractivity contribution in [2.24, 2.45) is 0 Å². The Morgan fingerprint density at radius 1 is 0.947 bits per heavy atom. The Labute approximate surface area is 216 Å². The Hall–Kier alpha value is -4.25. The van der Waals surface area contributed by atoms with E-state index >= 15 is 0 Å². The Kier molecular flexibility index (Phi) is 9.19. The zero-order valence-corrected chi connectivity index (χ0v) is 20.7. The van der Waals surface area contributed by atoms with Gasteiger partial charge in [0, 0.05) is 54.9 Å². The first-order chi connectivity index (χ1) is 17.9. The molecule has 200 valence electrons. The van der Waals surface area contributed by atoms with Crippen LogP contribution in [0.1, 0.15) is 15.9 Å². The van der Waals surface area contributed by atoms with Crippen molar-refractivity contribution in [2.75, 3.05) is 27.2 Å². The van der Waals surface area contributed by atoms with Gasteiger partial charge in [0.1, 0.15) is 5.82 Å². The van der Waals surface area contributed by atoms with Crippen molar-refractivity contribution < 1.29 is 32.3 Å². The molecule has 0 aliphatic rings. The lowest BCUT2D eigenvalue weighted by Crippen LogP contribution is -2.36. The zero-order chi connectivity index (χ0) is 27.9. The average Bonchev–Trinajstić information content (AvgIpc) is 3.34. The number of likely N-dealkylation sites (N-methyl/N-ethyl adjacent to an activating group) is 1. The lowest BCUT2D eigenvalue weighted by atomic mass is 10.0. The molecule has 0 atom stereocenters. The fourth-order valence-electron chi connectivity index (χ4n) is 3.53. The van der Waals surface area contributed by atoms with E-state index in [2.05, 4.69) is 34.2 Å². The molecule has 0 saturated carbocycles. The smallest absolute Gasteiger partial charge is 0.475 e. The van der Waals surface area contributed by atoms with Gasteiger partial charge in [-0.2, -0.15) is 13.2 Å². The van der Waals surface area contributed by atoms with E-state index in [1.807, 2.05) is 37.5 Å². The van der Waals surface area contributed by atoms with E-state index in [1.54, 1.807) is 11.1 Å². The number of aliphatic carboxylic acids is 1. The number of aromatic amines is 1. The van der Waals surface area contributed by atoms with Crippen LogP contribution in [0.4, 0.5) is 17.6 Å². The third-order valence-corrected chi connectivity index (χ3v) is 5.49. The molecule has 0 bridgehead atoms. The van der Waals surface area contributed by atoms with Crippen molar-refractivity contribution in [2.45, 2.75) is 12.7 Å². The zero-order valence-electron chi connectivity index (χ0n) is 20.7. The molecule has 1 amide bonds. The molecule has 2 heterocycles. The highest BCUT2D eigenvalue weighted by molar-refractivity contribution is 5.94. The van der Waals surface area contributed by atoms with Crippen LogP contribution in [-0.4, -0.2) is 70.1 Å². The van der Waals surface area contributed by atoms with E-state index in [0.717, 1.165) is 34.1 Å². The van der Waals surface area contributed by atoms with Gasteiger partial charge in [0.25, 0.3) is 5.91 Å². The minimum absolute atomic E-state index is 0.124. The summed E-state index contributed by atoms with van der Waals surface area (Å²) in [6.45, 7) is 1.71. The second-order valence-electron chi connectivity index (χ2n) is 8.70. The molecule has 2 aromatic carbocycles. The highest BCUT2D eigenvalue weighted by atomic mass is 19.4. The minimum atomic E-state index is -5.08. The van der Waals surface area contributed by atoms with Crippen LogP contribution < -0.4 is 0 Å². The molecule has 7 nitrogen and oxygen atoms in total. The Morgan fingerprint density at radius 2 is 1.63 bits per heavy atom. The standard InChI is InChI=1S/C25H25FN4O.C2HF3O2/c1-29(2)11-12-30(25(31)19-3-6-23(26)7-4-19)17-18-13-22(16-27-15-18)20-5-8-24-21(14-20)9-10-28-24;3-2(4,5)1(6)7/h3-10,13-16,28H,11-12,17H2,1-2H3;(H,6,7). The number of alkyl halides is 3. The number of H-pyrrole nitrogens is 1. The predicted molar refractivity (Wildman–Crippen MR) is 135 cm³/mol. The van der Waals surface area contributed by atoms with Crippen LogP contribution >= 0.6 is 0 Å². The Morgan fingerprint density at radius 3 is 2.26 bits per heavy atom. The molecule has 0 saturated heterocycles. The molecule has 0 unspecified atom stereocenters. The van der Waals surface area contributed by atoms with Crippen LogP contribution in [0.3, 0.4) is 0 Å². The summed E-state index contributed by atoms with van der Waals surface area (Å²) in [4.78, 5) is 33.4. The van der Waals surface area contributed by atoms with E-state index in [9.17, 15) is 22.4 Å². The second kappa shape index (κ2) is 12.3. The van der Waals surface area contributed by atoms with Gasteiger partial charge in [0.05, 0.1) is 0 Å². The first-order valence-electron chi connectivity index (χ1n) is 11.4. The topological polar surface area (TPSA) is 89.5 Å². The van der Waals surface area contributed by atoms with Gasteiger partial charge < -0.3 is 19.9 Å². The molecule has 0 spiro atoms. The molecule has 0 aliphatic heterocycles. The first kappa shape index (κ1) is 28.3. The van der Waals surface area contributed by atoms with Crippen molar-refractivity contribution in [3.63, 3.8) is 0 Å². The van der Waals surface area contributed by atoms with Crippen LogP contribution in [0.15, 0.2) is 73.2 Å². The van der Waals surface area contributed by atoms with Gasteiger partial charge in [-0.1, -0.05) is 6.07 Å². The number of amides is 1. The van der Waals surface area contributed by atoms with Gasteiger partial charge in [0.15, 0.2) is 0 Å². The normalized spacial score (nSPS) is 11.2. The number of rotatable bonds is 7. The van der Waals surface area contributed by atoms with Crippen LogP contribution in [0, 0.1) is 5.82 Å². The highest BCUT2D eigenvalue weighted by Gasteiger charge is 2.38. The summed E-state index contributed by atoms with van der Waals surface area (Å²) in [5.41, 5.74) is 4.59. The molecule has 0 radical (unpaired) electrons. The fraction of sp³-hybridized carbons (Fsp3) is 0.222. The SMILES string of the molecule is CN(C)CCN(Cc1cncc(-c2ccc3[nH]ccc3c2)c1)C(=O)c1ccc(F)cc1.O=C(O)C(F)(F)F. The molecule has 0 fully saturated rings. The fourth-order valence-corrected chi connectivity index (χ4v) is 3.53. The average molecular weight is 531 g/mol. The number of benzene rings is 2. The van der Waals surface area contributed by atoms with Crippen LogP contribution in [0.2, 0.25) is 0 Å². The van der Waals surface area contributed by atoms with E-state index < -0.39 is 12.1 Å². The molecule has 2 N–H and O–H groups in total. The molecule has 4 aromatic rings. The first-order valence-corrected chi connectivity index (χ1v) is 11.4. The van der Waals surface area contributed by atoms with E-state index in [0.29, 0.717) is 18.7 Å². The number of nitrogens with one attached hydrogen (secondary N) is 1. The maximum atomic E-state index is 13.3. The molecular weight excluding hydrogens is 504 g/mol. The van der Waals surface area contributed by atoms with Crippen molar-refractivity contribution in [1.82, 2.24) is 19.8 Å². The quantitative estimate of drug-likeness (QED) is 0.321. The van der Waals surface area contributed by atoms with Gasteiger partial charge in [-0.05, 0) is 79.1 Å². The van der Waals surface area contributed by atoms with Crippen molar-refractivity contribution in [3.05, 3.63) is 90.1 Å². The third-order valence-electron chi connectivity index (χ3n) is 5.49. The van der Waals surface area contributed by atoms with E-state index in [1.165, 1.54) is 24.3 Å². The maximum Gasteiger partial charge on any atom is 0.490 e. The van der Waals surface area contributed by atoms with Crippen molar-refractivity contribution >= 4 is 22.8 Å². The van der Waals surface area contributed by atoms with Gasteiger partial charge in [-0.25, -0.2) is 9.18 Å². The van der Waals surface area contributed by atoms with E-state index in [-0.39, 0.29) is 11.7 Å². The molecule has 11 heteroatoms. The highest BCUT2D eigenvalue weighted by Crippen LogP contribution is 2.24. The maximum absolute atomic E-state index is 13.3. The van der Waals surface area contributed by atoms with Crippen LogP contribution in [0.25, 0.3) is 22.0 Å². The number of aromatic nitrogens is 2. The number of hydrogen-bond donors (Lipinski definition) is 2. The molecule has 0 aliphatic carbocycles. The summed E-state index contributed by atoms with van der Waals surface area (Å²) < 4.78 is 45.0. The van der Waals surface area contributed by atoms with Gasteiger partial charge in [-0.3, -0.25) is 9.78 Å². The summed E-state index contributed by atoms with van der Waals surface area (Å²) >= 11 is 0. The summed E-state index contributed by atoms with van der Waals surface area (Å²) in [5.74, 6) is -3.24. The van der Waals surface area contributed by atoms with Gasteiger partial charge in [0.2, 0.25) is 0 Å². The van der Waals surface area contributed by atoms with Crippen LogP contribution in [0.5, 0.6) is 0 Å². The van der Waals surface area contributed by atoms with E-state index in [4.69, 9.17) is 9.90 Å². The molecule has 2 aromatic heterocycles. The van der Waals surface area contributed by atoms with Crippen LogP contribution in [-0.2, 0) is 11.3 Å². The number of carboxylic acid groups (broad SMARTS) is 1. The number of hydrogen-bond acceptors (Lipinski definition) is 4. The summed E-state index contributed by atoms with van der Waals surface area (Å²) in [6.07, 6.45) is 0.467. The number of carbonyl (C=O) groups excluding carboxylic acids is 1. The summed E-state index contributed by atoms with van der Waals surface area (Å²) in [6, 6.07) is 16.0. The van der Waals surface area contributed by atoms with Crippen molar-refractivity contribution in [1.29, 1.82) is 0 Å². The number of fused-ring (bicyclic) bond motifs is 1. The lowest BCUT2D eigenvalue weighted by Gasteiger charge is -2.25. The monoisotopic (exact) mass is 530 g/mol. The molecule has 4 rings (SSSR count). The van der Waals surface area contributed by atoms with Gasteiger partial charge >= 0.3 is 12.1 Å². The molecular formula is C27H26F4N4O3.